The van der Waals surface area contributed by atoms with Crippen molar-refractivity contribution < 1.29 is 4.74 Å². The molecule has 0 aromatic rings. The Morgan fingerprint density at radius 1 is 1.42 bits per heavy atom. The molecule has 3 heteroatoms. The maximum absolute atomic E-state index is 5.23. The van der Waals surface area contributed by atoms with Gasteiger partial charge in [-0.05, 0) is 32.0 Å². The summed E-state index contributed by atoms with van der Waals surface area (Å²) >= 11 is 8.63. The second-order valence-electron chi connectivity index (χ2n) is 3.04. The van der Waals surface area contributed by atoms with E-state index in [-0.39, 0.29) is 6.10 Å². The lowest BCUT2D eigenvalue weighted by atomic mass is 10.1. The largest absolute Gasteiger partial charge is 0.476 e. The third kappa shape index (κ3) is 8.34. The van der Waals surface area contributed by atoms with Crippen molar-refractivity contribution in [2.45, 2.75) is 52.1 Å². The molecule has 12 heavy (non-hydrogen) atoms. The molecule has 0 amide bonds. The van der Waals surface area contributed by atoms with Gasteiger partial charge >= 0.3 is 0 Å². The first kappa shape index (κ1) is 12.2. The van der Waals surface area contributed by atoms with E-state index < -0.39 is 0 Å². The quantitative estimate of drug-likeness (QED) is 0.404. The van der Waals surface area contributed by atoms with Crippen molar-refractivity contribution >= 4 is 29.2 Å². The predicted molar refractivity (Wildman–Crippen MR) is 60.9 cm³/mol. The van der Waals surface area contributed by atoms with Crippen LogP contribution in [0.2, 0.25) is 0 Å². The van der Waals surface area contributed by atoms with E-state index in [2.05, 4.69) is 19.6 Å². The predicted octanol–water partition coefficient (Wildman–Crippen LogP) is 3.58. The average Bonchev–Trinajstić information content (AvgIpc) is 1.97. The van der Waals surface area contributed by atoms with E-state index in [0.717, 1.165) is 6.42 Å². The van der Waals surface area contributed by atoms with Crippen LogP contribution >= 0.6 is 24.8 Å². The molecule has 0 aromatic heterocycles. The second kappa shape index (κ2) is 7.87. The summed E-state index contributed by atoms with van der Waals surface area (Å²) in [6.07, 6.45) is 6.43. The molecule has 0 aliphatic rings. The van der Waals surface area contributed by atoms with Gasteiger partial charge in [0.05, 0.1) is 6.10 Å². The maximum atomic E-state index is 5.23. The van der Waals surface area contributed by atoms with Crippen molar-refractivity contribution in [3.8, 4) is 0 Å². The van der Waals surface area contributed by atoms with Crippen molar-refractivity contribution in [3.63, 3.8) is 0 Å². The highest BCUT2D eigenvalue weighted by Crippen LogP contribution is 2.08. The van der Waals surface area contributed by atoms with Gasteiger partial charge in [0.15, 0.2) is 0 Å². The minimum absolute atomic E-state index is 0.229. The van der Waals surface area contributed by atoms with E-state index in [1.165, 1.54) is 25.7 Å². The van der Waals surface area contributed by atoms with Gasteiger partial charge in [-0.25, -0.2) is 0 Å². The zero-order valence-electron chi connectivity index (χ0n) is 7.88. The van der Waals surface area contributed by atoms with Crippen molar-refractivity contribution in [2.75, 3.05) is 0 Å². The summed E-state index contributed by atoms with van der Waals surface area (Å²) in [6.45, 7) is 4.25. The topological polar surface area (TPSA) is 9.23 Å². The molecule has 0 heterocycles. The van der Waals surface area contributed by atoms with E-state index in [9.17, 15) is 0 Å². The van der Waals surface area contributed by atoms with Crippen LogP contribution in [0.25, 0.3) is 0 Å². The van der Waals surface area contributed by atoms with E-state index in [4.69, 9.17) is 17.0 Å². The minimum atomic E-state index is 0.229. The van der Waals surface area contributed by atoms with E-state index >= 15 is 0 Å². The number of hydrogen-bond donors (Lipinski definition) is 1. The molecular formula is C9H18OS2. The Balaban J connectivity index is 3.19. The molecule has 0 N–H and O–H groups in total. The number of hydrogen-bond acceptors (Lipinski definition) is 2. The van der Waals surface area contributed by atoms with E-state index in [1.54, 1.807) is 0 Å². The molecule has 0 aliphatic carbocycles. The van der Waals surface area contributed by atoms with Crippen molar-refractivity contribution in [1.82, 2.24) is 0 Å². The third-order valence-electron chi connectivity index (χ3n) is 1.77. The lowest BCUT2D eigenvalue weighted by Crippen LogP contribution is -2.09. The van der Waals surface area contributed by atoms with Gasteiger partial charge in [0.2, 0.25) is 4.38 Å². The molecule has 0 radical (unpaired) electrons. The number of ether oxygens (including phenoxy) is 1. The normalized spacial score (nSPS) is 12.6. The Morgan fingerprint density at radius 2 is 2.08 bits per heavy atom. The Labute approximate surface area is 86.3 Å². The molecule has 0 saturated heterocycles. The van der Waals surface area contributed by atoms with Gasteiger partial charge in [-0.2, -0.15) is 0 Å². The highest BCUT2D eigenvalue weighted by atomic mass is 32.1. The molecule has 0 spiro atoms. The van der Waals surface area contributed by atoms with Gasteiger partial charge in [0.1, 0.15) is 0 Å². The maximum Gasteiger partial charge on any atom is 0.217 e. The Kier molecular flexibility index (Phi) is 8.02. The van der Waals surface area contributed by atoms with Crippen LogP contribution in [-0.4, -0.2) is 10.5 Å². The molecule has 0 rings (SSSR count). The lowest BCUT2D eigenvalue weighted by molar-refractivity contribution is 0.206. The minimum Gasteiger partial charge on any atom is -0.476 e. The van der Waals surface area contributed by atoms with Crippen LogP contribution < -0.4 is 0 Å². The van der Waals surface area contributed by atoms with Crippen LogP contribution in [0, 0.1) is 0 Å². The molecular weight excluding hydrogens is 188 g/mol. The highest BCUT2D eigenvalue weighted by Gasteiger charge is 2.02. The van der Waals surface area contributed by atoms with Gasteiger partial charge in [-0.3, -0.25) is 0 Å². The first-order valence-corrected chi connectivity index (χ1v) is 5.42. The number of rotatable bonds is 6. The first-order valence-electron chi connectivity index (χ1n) is 4.56. The molecule has 72 valence electrons. The summed E-state index contributed by atoms with van der Waals surface area (Å²) in [6, 6.07) is 0. The fourth-order valence-electron chi connectivity index (χ4n) is 1.09. The summed E-state index contributed by atoms with van der Waals surface area (Å²) in [5.74, 6) is 0. The van der Waals surface area contributed by atoms with Gasteiger partial charge in [0, 0.05) is 0 Å². The van der Waals surface area contributed by atoms with Crippen LogP contribution in [0.4, 0.5) is 0 Å². The Bertz CT molecular complexity index is 126. The van der Waals surface area contributed by atoms with Crippen molar-refractivity contribution in [2.24, 2.45) is 0 Å². The molecule has 0 saturated carbocycles. The smallest absolute Gasteiger partial charge is 0.217 e. The third-order valence-corrected chi connectivity index (χ3v) is 1.97. The number of unbranched alkanes of at least 4 members (excludes halogenated alkanes) is 3. The molecule has 1 atom stereocenters. The Morgan fingerprint density at radius 3 is 2.58 bits per heavy atom. The molecule has 0 bridgehead atoms. The van der Waals surface area contributed by atoms with Gasteiger partial charge in [-0.1, -0.05) is 38.8 Å². The summed E-state index contributed by atoms with van der Waals surface area (Å²) in [5, 5.41) is 0. The van der Waals surface area contributed by atoms with Crippen LogP contribution in [-0.2, 0) is 4.74 Å². The highest BCUT2D eigenvalue weighted by molar-refractivity contribution is 8.10. The summed E-state index contributed by atoms with van der Waals surface area (Å²) < 4.78 is 5.59. The Hall–Kier alpha value is 0.240. The van der Waals surface area contributed by atoms with Gasteiger partial charge < -0.3 is 4.74 Å². The number of thiocarbonyl (C=S) groups is 1. The average molecular weight is 206 g/mol. The molecule has 1 nitrogen and oxygen atoms in total. The molecule has 0 fully saturated rings. The fraction of sp³-hybridized carbons (Fsp3) is 0.889. The summed E-state index contributed by atoms with van der Waals surface area (Å²) in [4.78, 5) is 0. The van der Waals surface area contributed by atoms with Crippen LogP contribution in [0.5, 0.6) is 0 Å². The molecule has 1 unspecified atom stereocenters. The standard InChI is InChI=1S/C9H18OS2/c1-3-4-5-6-7-8(2)10-9(11)12/h8H,3-7H2,1-2H3,(H,11,12). The van der Waals surface area contributed by atoms with Gasteiger partial charge in [0.25, 0.3) is 0 Å². The van der Waals surface area contributed by atoms with Crippen molar-refractivity contribution in [1.29, 1.82) is 0 Å². The molecule has 0 aliphatic heterocycles. The van der Waals surface area contributed by atoms with E-state index in [1.807, 2.05) is 6.92 Å². The number of thiol groups is 1. The summed E-state index contributed by atoms with van der Waals surface area (Å²) in [7, 11) is 0. The zero-order chi connectivity index (χ0) is 9.40. The van der Waals surface area contributed by atoms with Crippen molar-refractivity contribution in [3.05, 3.63) is 0 Å². The molecule has 0 aromatic carbocycles. The SMILES string of the molecule is CCCCCCC(C)OC(=S)S. The summed E-state index contributed by atoms with van der Waals surface area (Å²) in [5.41, 5.74) is 0. The zero-order valence-corrected chi connectivity index (χ0v) is 9.59. The lowest BCUT2D eigenvalue weighted by Gasteiger charge is -2.11. The second-order valence-corrected chi connectivity index (χ2v) is 4.12. The van der Waals surface area contributed by atoms with Crippen LogP contribution in [0.3, 0.4) is 0 Å². The van der Waals surface area contributed by atoms with Crippen LogP contribution in [0.15, 0.2) is 0 Å². The van der Waals surface area contributed by atoms with E-state index in [0.29, 0.717) is 4.38 Å². The first-order chi connectivity index (χ1) is 5.66. The van der Waals surface area contributed by atoms with Crippen LogP contribution in [0.1, 0.15) is 46.0 Å². The fourth-order valence-corrected chi connectivity index (χ4v) is 1.43. The monoisotopic (exact) mass is 206 g/mol. The van der Waals surface area contributed by atoms with Gasteiger partial charge in [-0.15, -0.1) is 0 Å².